The number of imidazole rings is 1. The molecular formula is C19H29N5O5. The summed E-state index contributed by atoms with van der Waals surface area (Å²) in [5, 5.41) is 20.7. The molecule has 1 aliphatic heterocycles. The van der Waals surface area contributed by atoms with Gasteiger partial charge in [0.05, 0.1) is 6.33 Å². The summed E-state index contributed by atoms with van der Waals surface area (Å²) in [4.78, 5) is 24.1. The summed E-state index contributed by atoms with van der Waals surface area (Å²) in [6, 6.07) is 0. The summed E-state index contributed by atoms with van der Waals surface area (Å²) in [5.74, 6) is -0.121. The van der Waals surface area contributed by atoms with E-state index in [9.17, 15) is 15.0 Å². The number of carbonyl (C=O) groups excluding carboxylic acids is 1. The molecule has 0 aromatic carbocycles. The van der Waals surface area contributed by atoms with Gasteiger partial charge in [0.1, 0.15) is 36.8 Å². The van der Waals surface area contributed by atoms with E-state index in [1.54, 1.807) is 0 Å². The Hall–Kier alpha value is -2.30. The molecule has 2 aromatic heterocycles. The summed E-state index contributed by atoms with van der Waals surface area (Å²) in [6.07, 6.45) is 5.32. The predicted molar refractivity (Wildman–Crippen MR) is 105 cm³/mol. The number of esters is 1. The van der Waals surface area contributed by atoms with E-state index in [1.165, 1.54) is 36.5 Å². The van der Waals surface area contributed by atoms with Gasteiger partial charge < -0.3 is 25.4 Å². The molecule has 1 fully saturated rings. The van der Waals surface area contributed by atoms with Crippen LogP contribution in [0.1, 0.15) is 58.1 Å². The van der Waals surface area contributed by atoms with Gasteiger partial charge in [-0.25, -0.2) is 15.0 Å². The highest BCUT2D eigenvalue weighted by Gasteiger charge is 2.44. The molecule has 2 aromatic rings. The fraction of sp³-hybridized carbons (Fsp3) is 0.684. The molecule has 0 aliphatic carbocycles. The van der Waals surface area contributed by atoms with E-state index in [0.29, 0.717) is 17.6 Å². The van der Waals surface area contributed by atoms with Crippen molar-refractivity contribution in [3.8, 4) is 0 Å². The number of ether oxygens (including phenoxy) is 2. The second-order valence-electron chi connectivity index (χ2n) is 7.33. The number of nitrogens with zero attached hydrogens (tertiary/aromatic N) is 4. The largest absolute Gasteiger partial charge is 0.463 e. The third kappa shape index (κ3) is 5.01. The molecule has 0 amide bonds. The average molecular weight is 407 g/mol. The Kier molecular flexibility index (Phi) is 7.34. The number of unbranched alkanes of at least 4 members (excludes halogenated alkanes) is 5. The molecule has 0 unspecified atom stereocenters. The molecule has 3 rings (SSSR count). The highest BCUT2D eigenvalue weighted by atomic mass is 16.6. The quantitative estimate of drug-likeness (QED) is 0.392. The van der Waals surface area contributed by atoms with Crippen LogP contribution < -0.4 is 5.73 Å². The van der Waals surface area contributed by atoms with E-state index in [2.05, 4.69) is 21.9 Å². The zero-order valence-corrected chi connectivity index (χ0v) is 16.6. The molecule has 10 nitrogen and oxygen atoms in total. The Labute approximate surface area is 169 Å². The minimum absolute atomic E-state index is 0.132. The maximum absolute atomic E-state index is 11.9. The first-order chi connectivity index (χ1) is 14.0. The lowest BCUT2D eigenvalue weighted by Crippen LogP contribution is -2.34. The maximum Gasteiger partial charge on any atom is 0.305 e. The number of fused-ring (bicyclic) bond motifs is 1. The van der Waals surface area contributed by atoms with Gasteiger partial charge in [0.2, 0.25) is 0 Å². The van der Waals surface area contributed by atoms with Gasteiger partial charge in [-0.15, -0.1) is 0 Å². The number of aliphatic hydroxyl groups is 2. The van der Waals surface area contributed by atoms with E-state index >= 15 is 0 Å². The first-order valence-corrected chi connectivity index (χ1v) is 10.1. The van der Waals surface area contributed by atoms with Gasteiger partial charge in [-0.3, -0.25) is 9.36 Å². The van der Waals surface area contributed by atoms with E-state index < -0.39 is 24.5 Å². The Morgan fingerprint density at radius 1 is 1.17 bits per heavy atom. The molecule has 1 saturated heterocycles. The molecule has 0 bridgehead atoms. The van der Waals surface area contributed by atoms with Crippen molar-refractivity contribution < 1.29 is 24.5 Å². The summed E-state index contributed by atoms with van der Waals surface area (Å²) in [5.41, 5.74) is 6.54. The average Bonchev–Trinajstić information content (AvgIpc) is 3.26. The van der Waals surface area contributed by atoms with Crippen LogP contribution >= 0.6 is 0 Å². The van der Waals surface area contributed by atoms with Gasteiger partial charge in [0, 0.05) is 6.42 Å². The van der Waals surface area contributed by atoms with Gasteiger partial charge in [0.15, 0.2) is 17.7 Å². The molecule has 0 radical (unpaired) electrons. The van der Waals surface area contributed by atoms with Gasteiger partial charge in [-0.2, -0.15) is 0 Å². The lowest BCUT2D eigenvalue weighted by atomic mass is 10.1. The zero-order chi connectivity index (χ0) is 20.8. The molecular weight excluding hydrogens is 378 g/mol. The number of hydrogen-bond donors (Lipinski definition) is 3. The second-order valence-corrected chi connectivity index (χ2v) is 7.33. The van der Waals surface area contributed by atoms with Gasteiger partial charge in [-0.1, -0.05) is 39.0 Å². The molecule has 160 valence electrons. The van der Waals surface area contributed by atoms with Crippen molar-refractivity contribution in [2.75, 3.05) is 12.3 Å². The van der Waals surface area contributed by atoms with Crippen molar-refractivity contribution in [3.63, 3.8) is 0 Å². The van der Waals surface area contributed by atoms with Crippen molar-refractivity contribution in [2.24, 2.45) is 0 Å². The Morgan fingerprint density at radius 2 is 1.93 bits per heavy atom. The van der Waals surface area contributed by atoms with Gasteiger partial charge >= 0.3 is 5.97 Å². The zero-order valence-electron chi connectivity index (χ0n) is 16.6. The molecule has 29 heavy (non-hydrogen) atoms. The molecule has 3 heterocycles. The summed E-state index contributed by atoms with van der Waals surface area (Å²) < 4.78 is 12.5. The van der Waals surface area contributed by atoms with E-state index in [1.807, 2.05) is 0 Å². The molecule has 0 spiro atoms. The standard InChI is InChI=1S/C19H29N5O5/c1-2-3-4-5-6-7-8-13(25)28-9-12-15(26)16(27)19(29-12)24-11-23-14-17(20)21-10-22-18(14)24/h10-12,15-16,19,26-27H,2-9H2,1H3,(H2,20,21,22)/t12-,15-,16-,19-/m1/s1. The monoisotopic (exact) mass is 407 g/mol. The van der Waals surface area contributed by atoms with E-state index in [-0.39, 0.29) is 18.4 Å². The SMILES string of the molecule is CCCCCCCCC(=O)OC[C@H]1O[C@@H](n2cnc3c(N)ncnc32)[C@H](O)[C@@H]1O. The smallest absolute Gasteiger partial charge is 0.305 e. The highest BCUT2D eigenvalue weighted by Crippen LogP contribution is 2.32. The fourth-order valence-electron chi connectivity index (χ4n) is 3.45. The van der Waals surface area contributed by atoms with Crippen molar-refractivity contribution in [1.29, 1.82) is 0 Å². The number of hydrogen-bond acceptors (Lipinski definition) is 9. The van der Waals surface area contributed by atoms with Crippen LogP contribution in [0, 0.1) is 0 Å². The topological polar surface area (TPSA) is 146 Å². The summed E-state index contributed by atoms with van der Waals surface area (Å²) in [7, 11) is 0. The molecule has 0 saturated carbocycles. The summed E-state index contributed by atoms with van der Waals surface area (Å²) >= 11 is 0. The third-order valence-electron chi connectivity index (χ3n) is 5.14. The lowest BCUT2D eigenvalue weighted by molar-refractivity contribution is -0.150. The van der Waals surface area contributed by atoms with Crippen LogP contribution in [0.5, 0.6) is 0 Å². The van der Waals surface area contributed by atoms with Crippen molar-refractivity contribution in [3.05, 3.63) is 12.7 Å². The van der Waals surface area contributed by atoms with Crippen molar-refractivity contribution in [2.45, 2.75) is 76.4 Å². The maximum atomic E-state index is 11.9. The Morgan fingerprint density at radius 3 is 2.72 bits per heavy atom. The first-order valence-electron chi connectivity index (χ1n) is 10.1. The highest BCUT2D eigenvalue weighted by molar-refractivity contribution is 5.81. The molecule has 1 aliphatic rings. The van der Waals surface area contributed by atoms with Crippen LogP contribution in [-0.4, -0.2) is 60.6 Å². The van der Waals surface area contributed by atoms with E-state index in [4.69, 9.17) is 15.2 Å². The van der Waals surface area contributed by atoms with E-state index in [0.717, 1.165) is 19.3 Å². The molecule has 4 N–H and O–H groups in total. The van der Waals surface area contributed by atoms with Crippen molar-refractivity contribution in [1.82, 2.24) is 19.5 Å². The third-order valence-corrected chi connectivity index (χ3v) is 5.14. The number of aromatic nitrogens is 4. The van der Waals surface area contributed by atoms with Crippen LogP contribution in [-0.2, 0) is 14.3 Å². The number of anilines is 1. The number of nitrogen functional groups attached to an aromatic ring is 1. The first kappa shape index (κ1) is 21.4. The van der Waals surface area contributed by atoms with Crippen LogP contribution in [0.3, 0.4) is 0 Å². The molecule has 4 atom stereocenters. The van der Waals surface area contributed by atoms with Crippen LogP contribution in [0.25, 0.3) is 11.2 Å². The minimum atomic E-state index is -1.23. The number of carbonyl (C=O) groups is 1. The summed E-state index contributed by atoms with van der Waals surface area (Å²) in [6.45, 7) is 2.03. The second kappa shape index (κ2) is 9.95. The number of nitrogens with two attached hydrogens (primary N) is 1. The van der Waals surface area contributed by atoms with Crippen LogP contribution in [0.15, 0.2) is 12.7 Å². The minimum Gasteiger partial charge on any atom is -0.463 e. The fourth-order valence-corrected chi connectivity index (χ4v) is 3.45. The number of rotatable bonds is 10. The number of aliphatic hydroxyl groups excluding tert-OH is 2. The van der Waals surface area contributed by atoms with Gasteiger partial charge in [-0.05, 0) is 6.42 Å². The normalized spacial score (nSPS) is 24.2. The van der Waals surface area contributed by atoms with Gasteiger partial charge in [0.25, 0.3) is 0 Å². The Bertz CT molecular complexity index is 813. The predicted octanol–water partition coefficient (Wildman–Crippen LogP) is 1.32. The van der Waals surface area contributed by atoms with Crippen LogP contribution in [0.2, 0.25) is 0 Å². The van der Waals surface area contributed by atoms with Crippen molar-refractivity contribution >= 4 is 23.0 Å². The molecule has 10 heteroatoms. The Balaban J connectivity index is 1.50. The van der Waals surface area contributed by atoms with Crippen LogP contribution in [0.4, 0.5) is 5.82 Å². The lowest BCUT2D eigenvalue weighted by Gasteiger charge is -2.16.